The number of rotatable bonds is 5. The van der Waals surface area contributed by atoms with E-state index >= 15 is 0 Å². The van der Waals surface area contributed by atoms with Gasteiger partial charge in [0, 0.05) is 12.3 Å². The van der Waals surface area contributed by atoms with Crippen molar-refractivity contribution in [3.63, 3.8) is 0 Å². The third kappa shape index (κ3) is 3.44. The summed E-state index contributed by atoms with van der Waals surface area (Å²) in [7, 11) is 2.98. The highest BCUT2D eigenvalue weighted by molar-refractivity contribution is 6.05. The van der Waals surface area contributed by atoms with Crippen LogP contribution in [0, 0.1) is 11.8 Å². The van der Waals surface area contributed by atoms with Gasteiger partial charge in [-0.25, -0.2) is 0 Å². The molecular weight excluding hydrogens is 324 g/mol. The van der Waals surface area contributed by atoms with E-state index in [1.165, 1.54) is 35.0 Å². The fourth-order valence-electron chi connectivity index (χ4n) is 3.97. The number of benzene rings is 1. The van der Waals surface area contributed by atoms with Gasteiger partial charge in [-0.15, -0.1) is 0 Å². The van der Waals surface area contributed by atoms with Gasteiger partial charge in [-0.05, 0) is 38.5 Å². The van der Waals surface area contributed by atoms with Crippen LogP contribution >= 0.6 is 0 Å². The SMILES string of the molecule is COc1ccc([C@@H]2[C@H](C(C)=O)C(=O)C[C@](C)(O)[C@H]2C(C)=O)cc1OC. The van der Waals surface area contributed by atoms with Crippen LogP contribution in [0.5, 0.6) is 11.5 Å². The molecule has 0 aromatic heterocycles. The summed E-state index contributed by atoms with van der Waals surface area (Å²) < 4.78 is 10.5. The number of carbonyl (C=O) groups excluding carboxylic acids is 3. The number of ketones is 3. The summed E-state index contributed by atoms with van der Waals surface area (Å²) in [5.41, 5.74) is -0.918. The predicted octanol–water partition coefficient (Wildman–Crippen LogP) is 1.92. The van der Waals surface area contributed by atoms with Crippen LogP contribution in [0.25, 0.3) is 0 Å². The number of ether oxygens (including phenoxy) is 2. The zero-order valence-corrected chi connectivity index (χ0v) is 15.2. The van der Waals surface area contributed by atoms with Crippen LogP contribution in [0.1, 0.15) is 38.7 Å². The highest BCUT2D eigenvalue weighted by Gasteiger charge is 2.53. The zero-order chi connectivity index (χ0) is 18.9. The molecule has 1 aromatic carbocycles. The molecular formula is C19H24O6. The quantitative estimate of drug-likeness (QED) is 0.818. The molecule has 0 radical (unpaired) electrons. The first kappa shape index (κ1) is 19.1. The lowest BCUT2D eigenvalue weighted by Crippen LogP contribution is -2.53. The lowest BCUT2D eigenvalue weighted by atomic mass is 9.60. The fraction of sp³-hybridized carbons (Fsp3) is 0.526. The second kappa shape index (κ2) is 6.96. The minimum absolute atomic E-state index is 0.217. The van der Waals surface area contributed by atoms with E-state index in [1.54, 1.807) is 18.2 Å². The Morgan fingerprint density at radius 2 is 1.72 bits per heavy atom. The Hall–Kier alpha value is -2.21. The van der Waals surface area contributed by atoms with Crippen molar-refractivity contribution in [2.24, 2.45) is 11.8 Å². The van der Waals surface area contributed by atoms with Gasteiger partial charge < -0.3 is 14.6 Å². The minimum atomic E-state index is -1.51. The van der Waals surface area contributed by atoms with Crippen molar-refractivity contribution >= 4 is 17.3 Å². The van der Waals surface area contributed by atoms with Crippen LogP contribution in [-0.4, -0.2) is 42.3 Å². The fourth-order valence-corrected chi connectivity index (χ4v) is 3.97. The van der Waals surface area contributed by atoms with E-state index < -0.39 is 23.4 Å². The van der Waals surface area contributed by atoms with E-state index in [9.17, 15) is 19.5 Å². The van der Waals surface area contributed by atoms with Gasteiger partial charge in [0.05, 0.1) is 31.7 Å². The van der Waals surface area contributed by atoms with E-state index in [-0.39, 0.29) is 23.8 Å². The monoisotopic (exact) mass is 348 g/mol. The molecule has 6 heteroatoms. The average molecular weight is 348 g/mol. The number of aliphatic hydroxyl groups is 1. The zero-order valence-electron chi connectivity index (χ0n) is 15.2. The topological polar surface area (TPSA) is 89.9 Å². The average Bonchev–Trinajstić information content (AvgIpc) is 2.51. The first-order chi connectivity index (χ1) is 11.6. The number of hydrogen-bond donors (Lipinski definition) is 1. The molecule has 1 aliphatic rings. The predicted molar refractivity (Wildman–Crippen MR) is 90.9 cm³/mol. The molecule has 4 atom stereocenters. The van der Waals surface area contributed by atoms with Crippen LogP contribution in [0.15, 0.2) is 18.2 Å². The molecule has 6 nitrogen and oxygen atoms in total. The molecule has 0 amide bonds. The Kier molecular flexibility index (Phi) is 5.32. The molecule has 0 saturated heterocycles. The maximum Gasteiger partial charge on any atom is 0.160 e. The van der Waals surface area contributed by atoms with Gasteiger partial charge in [-0.2, -0.15) is 0 Å². The van der Waals surface area contributed by atoms with Crippen LogP contribution in [0.4, 0.5) is 0 Å². The molecule has 0 unspecified atom stereocenters. The summed E-state index contributed by atoms with van der Waals surface area (Å²) >= 11 is 0. The molecule has 0 bridgehead atoms. The van der Waals surface area contributed by atoms with Crippen LogP contribution in [0.2, 0.25) is 0 Å². The number of carbonyl (C=O) groups is 3. The Labute approximate surface area is 147 Å². The highest BCUT2D eigenvalue weighted by Crippen LogP contribution is 2.47. The van der Waals surface area contributed by atoms with Gasteiger partial charge in [-0.3, -0.25) is 14.4 Å². The van der Waals surface area contributed by atoms with Gasteiger partial charge in [0.1, 0.15) is 17.3 Å². The summed E-state index contributed by atoms with van der Waals surface area (Å²) in [6.45, 7) is 4.19. The van der Waals surface area contributed by atoms with E-state index in [1.807, 2.05) is 0 Å². The van der Waals surface area contributed by atoms with Crippen molar-refractivity contribution < 1.29 is 29.0 Å². The lowest BCUT2D eigenvalue weighted by molar-refractivity contribution is -0.151. The first-order valence-corrected chi connectivity index (χ1v) is 8.12. The van der Waals surface area contributed by atoms with Crippen molar-refractivity contribution in [2.45, 2.75) is 38.7 Å². The molecule has 0 spiro atoms. The number of methoxy groups -OCH3 is 2. The van der Waals surface area contributed by atoms with Crippen LogP contribution in [0.3, 0.4) is 0 Å². The lowest BCUT2D eigenvalue weighted by Gasteiger charge is -2.44. The Morgan fingerprint density at radius 3 is 2.20 bits per heavy atom. The maximum absolute atomic E-state index is 12.5. The largest absolute Gasteiger partial charge is 0.493 e. The maximum atomic E-state index is 12.5. The highest BCUT2D eigenvalue weighted by atomic mass is 16.5. The Balaban J connectivity index is 2.66. The Bertz CT molecular complexity index is 706. The molecule has 0 aliphatic heterocycles. The summed E-state index contributed by atoms with van der Waals surface area (Å²) in [6, 6.07) is 5.02. The smallest absolute Gasteiger partial charge is 0.160 e. The first-order valence-electron chi connectivity index (χ1n) is 8.12. The van der Waals surface area contributed by atoms with Crippen LogP contribution < -0.4 is 9.47 Å². The summed E-state index contributed by atoms with van der Waals surface area (Å²) in [5.74, 6) is -2.57. The molecule has 0 heterocycles. The molecule has 25 heavy (non-hydrogen) atoms. The molecule has 1 N–H and O–H groups in total. The second-order valence-electron chi connectivity index (χ2n) is 6.82. The summed E-state index contributed by atoms with van der Waals surface area (Å²) in [6.07, 6.45) is -0.217. The molecule has 1 aromatic rings. The molecule has 1 fully saturated rings. The van der Waals surface area contributed by atoms with E-state index in [2.05, 4.69) is 0 Å². The molecule has 2 rings (SSSR count). The summed E-state index contributed by atoms with van der Waals surface area (Å²) in [5, 5.41) is 10.7. The third-order valence-corrected chi connectivity index (χ3v) is 4.94. The van der Waals surface area contributed by atoms with Gasteiger partial charge in [-0.1, -0.05) is 6.07 Å². The summed E-state index contributed by atoms with van der Waals surface area (Å²) in [4.78, 5) is 37.0. The Morgan fingerprint density at radius 1 is 1.12 bits per heavy atom. The van der Waals surface area contributed by atoms with Gasteiger partial charge in [0.2, 0.25) is 0 Å². The van der Waals surface area contributed by atoms with Crippen molar-refractivity contribution in [1.82, 2.24) is 0 Å². The van der Waals surface area contributed by atoms with Gasteiger partial charge in [0.15, 0.2) is 11.5 Å². The molecule has 136 valence electrons. The van der Waals surface area contributed by atoms with Crippen molar-refractivity contribution in [2.75, 3.05) is 14.2 Å². The minimum Gasteiger partial charge on any atom is -0.493 e. The normalized spacial score (nSPS) is 29.2. The van der Waals surface area contributed by atoms with Crippen LogP contribution in [-0.2, 0) is 14.4 Å². The molecule has 1 saturated carbocycles. The molecule has 1 aliphatic carbocycles. The third-order valence-electron chi connectivity index (χ3n) is 4.94. The number of hydrogen-bond acceptors (Lipinski definition) is 6. The van der Waals surface area contributed by atoms with E-state index in [4.69, 9.17) is 9.47 Å². The van der Waals surface area contributed by atoms with Gasteiger partial charge >= 0.3 is 0 Å². The van der Waals surface area contributed by atoms with Crippen molar-refractivity contribution in [3.05, 3.63) is 23.8 Å². The van der Waals surface area contributed by atoms with Crippen molar-refractivity contribution in [1.29, 1.82) is 0 Å². The number of Topliss-reactive ketones (excluding diaryl/α,β-unsaturated/α-hetero) is 3. The van der Waals surface area contributed by atoms with E-state index in [0.717, 1.165) is 0 Å². The van der Waals surface area contributed by atoms with Crippen molar-refractivity contribution in [3.8, 4) is 11.5 Å². The standard InChI is InChI=1S/C19H24O6/c1-10(20)16-13(22)9-19(3,23)18(11(2)21)17(16)12-6-7-14(24-4)15(8-12)25-5/h6-8,16-18,23H,9H2,1-5H3/t16-,17-,18+,19+/m1/s1. The second-order valence-corrected chi connectivity index (χ2v) is 6.82. The van der Waals surface area contributed by atoms with Gasteiger partial charge in [0.25, 0.3) is 0 Å². The van der Waals surface area contributed by atoms with E-state index in [0.29, 0.717) is 17.1 Å².